The van der Waals surface area contributed by atoms with E-state index < -0.39 is 17.4 Å². The highest BCUT2D eigenvalue weighted by molar-refractivity contribution is 5.88. The van der Waals surface area contributed by atoms with Crippen molar-refractivity contribution < 1.29 is 24.5 Å². The second-order valence-electron chi connectivity index (χ2n) is 8.07. The molecule has 0 aromatic heterocycles. The van der Waals surface area contributed by atoms with Crippen LogP contribution in [0.1, 0.15) is 16.7 Å². The number of benzene rings is 2. The minimum Gasteiger partial charge on any atom is -0.387 e. The Bertz CT molecular complexity index is 1020. The summed E-state index contributed by atoms with van der Waals surface area (Å²) >= 11 is 0. The Balaban J connectivity index is 1.75. The zero-order valence-electron chi connectivity index (χ0n) is 16.7. The summed E-state index contributed by atoms with van der Waals surface area (Å²) < 4.78 is 11.9. The van der Waals surface area contributed by atoms with E-state index in [0.717, 1.165) is 27.8 Å². The third-order valence-corrected chi connectivity index (χ3v) is 6.22. The van der Waals surface area contributed by atoms with Crippen LogP contribution in [0, 0.1) is 6.92 Å². The number of ether oxygens (including phenoxy) is 2. The largest absolute Gasteiger partial charge is 0.387 e. The highest BCUT2D eigenvalue weighted by Gasteiger charge is 2.66. The van der Waals surface area contributed by atoms with Crippen molar-refractivity contribution in [2.24, 2.45) is 0 Å². The SMILES string of the molecule is Cc1cc2c(c(-c3ccccc3)c1)C1(OC2)C(O)COCC1(O)N1C=CC(=O)NC1. The summed E-state index contributed by atoms with van der Waals surface area (Å²) in [6, 6.07) is 14.0. The van der Waals surface area contributed by atoms with Gasteiger partial charge in [0, 0.05) is 17.8 Å². The number of hydrogen-bond donors (Lipinski definition) is 3. The second kappa shape index (κ2) is 6.92. The van der Waals surface area contributed by atoms with Crippen LogP contribution in [0.15, 0.2) is 54.7 Å². The molecule has 3 aliphatic heterocycles. The predicted octanol–water partition coefficient (Wildman–Crippen LogP) is 1.37. The normalized spacial score (nSPS) is 30.4. The number of rotatable bonds is 2. The average Bonchev–Trinajstić information content (AvgIpc) is 3.13. The standard InChI is InChI=1S/C23H24N2O5/c1-15-9-17-11-30-23(21(17)18(10-15)16-5-3-2-4-6-16)19(26)12-29-13-22(23,28)25-8-7-20(27)24-14-25/h2-10,19,26,28H,11-14H2,1H3,(H,24,27). The van der Waals surface area contributed by atoms with Gasteiger partial charge in [-0.3, -0.25) is 4.79 Å². The third-order valence-electron chi connectivity index (χ3n) is 6.22. The summed E-state index contributed by atoms with van der Waals surface area (Å²) in [5.41, 5.74) is 1.49. The first-order chi connectivity index (χ1) is 14.5. The molecule has 3 N–H and O–H groups in total. The number of aliphatic hydroxyl groups is 2. The van der Waals surface area contributed by atoms with Gasteiger partial charge >= 0.3 is 0 Å². The molecule has 0 radical (unpaired) electrons. The Labute approximate surface area is 174 Å². The second-order valence-corrected chi connectivity index (χ2v) is 8.07. The molecule has 7 nitrogen and oxygen atoms in total. The number of amides is 1. The van der Waals surface area contributed by atoms with Crippen LogP contribution in [0.4, 0.5) is 0 Å². The molecule has 0 bridgehead atoms. The van der Waals surface area contributed by atoms with Crippen LogP contribution >= 0.6 is 0 Å². The maximum atomic E-state index is 12.0. The van der Waals surface area contributed by atoms with Gasteiger partial charge in [0.25, 0.3) is 0 Å². The summed E-state index contributed by atoms with van der Waals surface area (Å²) in [6.07, 6.45) is 1.77. The summed E-state index contributed by atoms with van der Waals surface area (Å²) in [6.45, 7) is 2.32. The lowest BCUT2D eigenvalue weighted by Crippen LogP contribution is -2.72. The van der Waals surface area contributed by atoms with Gasteiger partial charge in [0.2, 0.25) is 5.91 Å². The van der Waals surface area contributed by atoms with E-state index in [1.54, 1.807) is 4.90 Å². The van der Waals surface area contributed by atoms with Crippen LogP contribution in [-0.2, 0) is 26.5 Å². The predicted molar refractivity (Wildman–Crippen MR) is 109 cm³/mol. The van der Waals surface area contributed by atoms with E-state index >= 15 is 0 Å². The van der Waals surface area contributed by atoms with Crippen molar-refractivity contribution in [2.75, 3.05) is 19.9 Å². The van der Waals surface area contributed by atoms with Gasteiger partial charge in [-0.05, 0) is 23.6 Å². The quantitative estimate of drug-likeness (QED) is 0.695. The fourth-order valence-electron chi connectivity index (χ4n) is 4.89. The molecule has 5 rings (SSSR count). The maximum Gasteiger partial charge on any atom is 0.246 e. The molecular weight excluding hydrogens is 384 g/mol. The van der Waals surface area contributed by atoms with E-state index in [2.05, 4.69) is 11.4 Å². The molecule has 0 aliphatic carbocycles. The molecule has 3 aliphatic rings. The van der Waals surface area contributed by atoms with Crippen LogP contribution in [0.2, 0.25) is 0 Å². The lowest BCUT2D eigenvalue weighted by atomic mass is 9.73. The first kappa shape index (κ1) is 19.3. The van der Waals surface area contributed by atoms with Gasteiger partial charge < -0.3 is 29.9 Å². The van der Waals surface area contributed by atoms with Crippen molar-refractivity contribution in [3.8, 4) is 11.1 Å². The van der Waals surface area contributed by atoms with Gasteiger partial charge in [-0.2, -0.15) is 0 Å². The van der Waals surface area contributed by atoms with E-state index in [-0.39, 0.29) is 32.4 Å². The molecule has 3 atom stereocenters. The average molecular weight is 408 g/mol. The van der Waals surface area contributed by atoms with Crippen molar-refractivity contribution >= 4 is 5.91 Å². The van der Waals surface area contributed by atoms with Gasteiger partial charge in [-0.25, -0.2) is 0 Å². The lowest BCUT2D eigenvalue weighted by Gasteiger charge is -2.55. The summed E-state index contributed by atoms with van der Waals surface area (Å²) in [7, 11) is 0. The number of aliphatic hydroxyl groups excluding tert-OH is 1. The topological polar surface area (TPSA) is 91.3 Å². The third kappa shape index (κ3) is 2.63. The van der Waals surface area contributed by atoms with Crippen LogP contribution in [0.25, 0.3) is 11.1 Å². The summed E-state index contributed by atoms with van der Waals surface area (Å²) in [5.74, 6) is -0.241. The van der Waals surface area contributed by atoms with Gasteiger partial charge in [-0.1, -0.05) is 48.0 Å². The Kier molecular flexibility index (Phi) is 4.44. The first-order valence-corrected chi connectivity index (χ1v) is 10.00. The monoisotopic (exact) mass is 408 g/mol. The molecule has 156 valence electrons. The molecule has 30 heavy (non-hydrogen) atoms. The fraction of sp³-hybridized carbons (Fsp3) is 0.348. The molecule has 7 heteroatoms. The van der Waals surface area contributed by atoms with E-state index in [4.69, 9.17) is 9.47 Å². The Morgan fingerprint density at radius 3 is 2.77 bits per heavy atom. The minimum atomic E-state index is -1.72. The smallest absolute Gasteiger partial charge is 0.246 e. The minimum absolute atomic E-state index is 0.0355. The van der Waals surface area contributed by atoms with Crippen molar-refractivity contribution in [3.05, 3.63) is 71.4 Å². The van der Waals surface area contributed by atoms with E-state index in [1.165, 1.54) is 12.3 Å². The number of hydrogen-bond acceptors (Lipinski definition) is 6. The van der Waals surface area contributed by atoms with Crippen LogP contribution < -0.4 is 5.32 Å². The van der Waals surface area contributed by atoms with Crippen LogP contribution in [-0.4, -0.2) is 52.7 Å². The van der Waals surface area contributed by atoms with E-state index in [1.807, 2.05) is 43.3 Å². The van der Waals surface area contributed by atoms with Gasteiger partial charge in [0.05, 0.1) is 26.5 Å². The number of carbonyl (C=O) groups is 1. The fourth-order valence-corrected chi connectivity index (χ4v) is 4.89. The zero-order chi connectivity index (χ0) is 20.9. The van der Waals surface area contributed by atoms with Gasteiger partial charge in [0.1, 0.15) is 6.10 Å². The Morgan fingerprint density at radius 2 is 2.03 bits per heavy atom. The van der Waals surface area contributed by atoms with E-state index in [9.17, 15) is 15.0 Å². The molecule has 0 saturated carbocycles. The maximum absolute atomic E-state index is 12.0. The van der Waals surface area contributed by atoms with Gasteiger partial charge in [0.15, 0.2) is 11.3 Å². The molecule has 1 spiro atoms. The molecular formula is C23H24N2O5. The molecule has 3 heterocycles. The highest BCUT2D eigenvalue weighted by atomic mass is 16.6. The number of nitrogens with one attached hydrogen (secondary N) is 1. The number of carbonyl (C=O) groups excluding carboxylic acids is 1. The Morgan fingerprint density at radius 1 is 1.23 bits per heavy atom. The first-order valence-electron chi connectivity index (χ1n) is 10.00. The molecule has 1 fully saturated rings. The molecule has 1 amide bonds. The van der Waals surface area contributed by atoms with E-state index in [0.29, 0.717) is 0 Å². The van der Waals surface area contributed by atoms with Crippen molar-refractivity contribution in [2.45, 2.75) is 31.0 Å². The number of fused-ring (bicyclic) bond motifs is 2. The zero-order valence-corrected chi connectivity index (χ0v) is 16.7. The summed E-state index contributed by atoms with van der Waals surface area (Å²) in [5, 5.41) is 25.9. The Hall–Kier alpha value is -2.71. The van der Waals surface area contributed by atoms with Crippen LogP contribution in [0.5, 0.6) is 0 Å². The number of aryl methyl sites for hydroxylation is 1. The highest BCUT2D eigenvalue weighted by Crippen LogP contribution is 2.53. The molecule has 2 aromatic rings. The van der Waals surface area contributed by atoms with Gasteiger partial charge in [-0.15, -0.1) is 0 Å². The molecule has 2 aromatic carbocycles. The molecule has 3 unspecified atom stereocenters. The van der Waals surface area contributed by atoms with Crippen LogP contribution in [0.3, 0.4) is 0 Å². The van der Waals surface area contributed by atoms with Crippen molar-refractivity contribution in [1.29, 1.82) is 0 Å². The number of nitrogens with zero attached hydrogens (tertiary/aromatic N) is 1. The lowest BCUT2D eigenvalue weighted by molar-refractivity contribution is -0.327. The summed E-state index contributed by atoms with van der Waals surface area (Å²) in [4.78, 5) is 13.2. The van der Waals surface area contributed by atoms with Crippen molar-refractivity contribution in [3.63, 3.8) is 0 Å². The molecule has 1 saturated heterocycles. The van der Waals surface area contributed by atoms with Crippen molar-refractivity contribution in [1.82, 2.24) is 10.2 Å².